The highest BCUT2D eigenvalue weighted by Gasteiger charge is 2.27. The molecule has 20 heteroatoms. The third-order valence-electron chi connectivity index (χ3n) is 20.6. The van der Waals surface area contributed by atoms with Crippen LogP contribution in [0, 0.1) is 19.8 Å². The fraction of sp³-hybridized carbons (Fsp3) is 0.542. The molecule has 0 saturated heterocycles. The van der Waals surface area contributed by atoms with E-state index in [9.17, 15) is 9.59 Å². The first-order valence-electron chi connectivity index (χ1n) is 40.7. The van der Waals surface area contributed by atoms with Crippen LogP contribution in [0.25, 0.3) is 0 Å². The maximum absolute atomic E-state index is 12.2. The van der Waals surface area contributed by atoms with Crippen LogP contribution in [0.3, 0.4) is 0 Å². The number of carbonyl (C=O) groups is 2. The number of benzene rings is 7. The van der Waals surface area contributed by atoms with E-state index in [4.69, 9.17) is 87.4 Å². The highest BCUT2D eigenvalue weighted by Crippen LogP contribution is 2.41. The largest absolute Gasteiger partial charge is 0.491 e. The summed E-state index contributed by atoms with van der Waals surface area (Å²) in [4.78, 5) is 23.8. The Morgan fingerprint density at radius 2 is 0.802 bits per heavy atom. The van der Waals surface area contributed by atoms with Gasteiger partial charge >= 0.3 is 0 Å². The van der Waals surface area contributed by atoms with Crippen molar-refractivity contribution in [3.8, 4) is 40.2 Å². The van der Waals surface area contributed by atoms with E-state index < -0.39 is 0 Å². The summed E-state index contributed by atoms with van der Waals surface area (Å²) >= 11 is 6.40. The molecule has 0 radical (unpaired) electrons. The summed E-state index contributed by atoms with van der Waals surface area (Å²) in [6, 6.07) is 36.9. The molecule has 0 aliphatic carbocycles. The number of Topliss-reactive ketones (excluding diaryl/α,β-unsaturated/α-hetero) is 1. The maximum Gasteiger partial charge on any atom is 0.222 e. The molecule has 644 valence electrons. The highest BCUT2D eigenvalue weighted by atomic mass is 35.5. The number of ketones is 1. The van der Waals surface area contributed by atoms with Gasteiger partial charge in [0.25, 0.3) is 0 Å². The van der Waals surface area contributed by atoms with Crippen LogP contribution in [0.2, 0.25) is 5.02 Å². The Kier molecular flexibility index (Phi) is 45.9. The number of ether oxygens (including phenoxy) is 16. The van der Waals surface area contributed by atoms with Crippen molar-refractivity contribution in [1.29, 1.82) is 0 Å². The van der Waals surface area contributed by atoms with E-state index >= 15 is 0 Å². The molecular formula is C96H140ClNO18. The molecule has 19 nitrogen and oxygen atoms in total. The first-order valence-corrected chi connectivity index (χ1v) is 41.1. The van der Waals surface area contributed by atoms with Crippen LogP contribution in [0.15, 0.2) is 109 Å². The van der Waals surface area contributed by atoms with Gasteiger partial charge in [-0.25, -0.2) is 0 Å². The predicted octanol–water partition coefficient (Wildman–Crippen LogP) is 21.6. The number of aryl methyl sites for hydroxylation is 2. The fourth-order valence-electron chi connectivity index (χ4n) is 12.7. The summed E-state index contributed by atoms with van der Waals surface area (Å²) in [5.74, 6) is 6.32. The molecule has 5 atom stereocenters. The molecule has 0 heterocycles. The minimum atomic E-state index is -0.0968. The lowest BCUT2D eigenvalue weighted by molar-refractivity contribution is -0.124. The fourth-order valence-corrected chi connectivity index (χ4v) is 12.9. The molecule has 0 aliphatic heterocycles. The summed E-state index contributed by atoms with van der Waals surface area (Å²) in [6.45, 7) is 42.3. The summed E-state index contributed by atoms with van der Waals surface area (Å²) in [6.07, 6.45) is 3.84. The topological polar surface area (TPSA) is 194 Å². The van der Waals surface area contributed by atoms with Crippen molar-refractivity contribution in [2.24, 2.45) is 5.92 Å². The minimum absolute atomic E-state index is 0.00453. The van der Waals surface area contributed by atoms with Crippen molar-refractivity contribution in [2.45, 2.75) is 225 Å². The van der Waals surface area contributed by atoms with E-state index in [1.54, 1.807) is 70.9 Å². The third kappa shape index (κ3) is 32.5. The van der Waals surface area contributed by atoms with Gasteiger partial charge in [0.1, 0.15) is 86.5 Å². The van der Waals surface area contributed by atoms with Crippen molar-refractivity contribution in [1.82, 2.24) is 5.32 Å². The minimum Gasteiger partial charge on any atom is -0.491 e. The Bertz CT molecular complexity index is 3930. The monoisotopic (exact) mass is 1630 g/mol. The molecule has 0 saturated carbocycles. The zero-order valence-electron chi connectivity index (χ0n) is 74.9. The summed E-state index contributed by atoms with van der Waals surface area (Å²) in [5, 5.41) is 3.51. The van der Waals surface area contributed by atoms with Crippen LogP contribution < -0.4 is 38.5 Å². The summed E-state index contributed by atoms with van der Waals surface area (Å²) in [7, 11) is 15.1. The predicted molar refractivity (Wildman–Crippen MR) is 466 cm³/mol. The second-order valence-electron chi connectivity index (χ2n) is 31.0. The molecule has 7 rings (SSSR count). The maximum atomic E-state index is 12.2. The van der Waals surface area contributed by atoms with E-state index in [2.05, 4.69) is 117 Å². The van der Waals surface area contributed by atoms with Crippen LogP contribution >= 0.6 is 11.6 Å². The van der Waals surface area contributed by atoms with Gasteiger partial charge in [0.2, 0.25) is 5.91 Å². The number of rotatable bonds is 46. The molecule has 0 aliphatic rings. The number of hydrogen-bond acceptors (Lipinski definition) is 18. The standard InChI is InChI=1S/C29H44O4.C26H36O6.C24H33ClO5.C17H27NO3/c1-11-29(7,8)22-12-14-24(15-13-22)32-16-17-33-27-25(20(2)30-9)18-23(28(4,5)6)19-26(27)21(3)31-10;1-7-18(2)21-8-9-25(24(14-21)19(3)27)31-10-11-32-26-22(16-29-5)12-20(15-28-4)13-23(26)17-30-6;1-6-17(2)19-7-8-23(22(25)13-19)29-9-10-30-24-20(15-27-4)11-18(14-26-3)12-21(24)16-28-5;1-6-12(2)17(19)18-7-8-21-16-13(3)9-15(11-20-5)10-14(16)4/h12-15,18-21H,11,16-17H2,1-10H3;8-9,12-14,18H,7,10-11,15-17H2,1-6H3;7-8,11-13,17H,6,9-10,14-16H2,1-5H3;9-10,12H,6-8,11H2,1-5H3,(H,18,19). The summed E-state index contributed by atoms with van der Waals surface area (Å²) < 4.78 is 90.5. The lowest BCUT2D eigenvalue weighted by atomic mass is 9.82. The molecule has 0 fully saturated rings. The Morgan fingerprint density at radius 3 is 1.19 bits per heavy atom. The van der Waals surface area contributed by atoms with Gasteiger partial charge in [0.05, 0.1) is 75.6 Å². The van der Waals surface area contributed by atoms with Gasteiger partial charge in [-0.3, -0.25) is 9.59 Å². The molecule has 1 N–H and O–H groups in total. The number of halogens is 1. The Balaban J connectivity index is 0.000000329. The molecular weight excluding hydrogens is 1490 g/mol. The second-order valence-corrected chi connectivity index (χ2v) is 31.4. The van der Waals surface area contributed by atoms with Crippen LogP contribution in [0.1, 0.15) is 247 Å². The van der Waals surface area contributed by atoms with E-state index in [0.29, 0.717) is 133 Å². The van der Waals surface area contributed by atoms with Crippen molar-refractivity contribution in [3.63, 3.8) is 0 Å². The van der Waals surface area contributed by atoms with Crippen molar-refractivity contribution < 1.29 is 85.4 Å². The quantitative estimate of drug-likeness (QED) is 0.0279. The van der Waals surface area contributed by atoms with Crippen LogP contribution in [0.5, 0.6) is 40.2 Å². The van der Waals surface area contributed by atoms with E-state index in [-0.39, 0.29) is 40.6 Å². The molecule has 0 spiro atoms. The third-order valence-corrected chi connectivity index (χ3v) is 20.9. The SMILES string of the molecule is CCC(C)(C)c1ccc(OCCOc2c(C(C)OC)cc(C(C)(C)C)cc2C(C)OC)cc1.CCC(C)C(=O)NCCOc1c(C)cc(COC)cc1C.CCC(C)c1ccc(OCCOc2c(COC)cc(COC)cc2COC)c(C(C)=O)c1.CCC(C)c1ccc(OCCOc2c(COC)cc(COC)cc2COC)c(Cl)c1. The number of amides is 1. The van der Waals surface area contributed by atoms with Gasteiger partial charge < -0.3 is 81.1 Å². The van der Waals surface area contributed by atoms with Crippen LogP contribution in [-0.2, 0) is 105 Å². The molecule has 5 unspecified atom stereocenters. The Labute approximate surface area is 700 Å². The molecule has 7 aromatic rings. The van der Waals surface area contributed by atoms with Gasteiger partial charge in [0.15, 0.2) is 5.78 Å². The molecule has 0 aromatic heterocycles. The number of methoxy groups -OCH3 is 9. The second kappa shape index (κ2) is 52.9. The Hall–Kier alpha value is -7.79. The van der Waals surface area contributed by atoms with Gasteiger partial charge in [-0.2, -0.15) is 0 Å². The molecule has 0 bridgehead atoms. The average Bonchev–Trinajstić information content (AvgIpc) is 0.785. The average molecular weight is 1630 g/mol. The van der Waals surface area contributed by atoms with E-state index in [1.165, 1.54) is 16.7 Å². The molecule has 1 amide bonds. The van der Waals surface area contributed by atoms with Gasteiger partial charge in [0, 0.05) is 103 Å². The normalized spacial score (nSPS) is 12.6. The molecule has 7 aromatic carbocycles. The number of hydrogen-bond donors (Lipinski definition) is 1. The first-order chi connectivity index (χ1) is 55.4. The lowest BCUT2D eigenvalue weighted by Crippen LogP contribution is -2.32. The Morgan fingerprint density at radius 1 is 0.414 bits per heavy atom. The van der Waals surface area contributed by atoms with Gasteiger partial charge in [-0.1, -0.05) is 131 Å². The molecule has 116 heavy (non-hydrogen) atoms. The first kappa shape index (κ1) is 101. The van der Waals surface area contributed by atoms with Crippen LogP contribution in [-0.4, -0.2) is 128 Å². The number of carbonyl (C=O) groups excluding carboxylic acids is 2. The van der Waals surface area contributed by atoms with Gasteiger partial charge in [-0.05, 0) is 206 Å². The zero-order valence-corrected chi connectivity index (χ0v) is 75.7. The van der Waals surface area contributed by atoms with E-state index in [1.807, 2.05) is 108 Å². The van der Waals surface area contributed by atoms with Crippen LogP contribution in [0.4, 0.5) is 0 Å². The van der Waals surface area contributed by atoms with Crippen molar-refractivity contribution >= 4 is 23.3 Å². The van der Waals surface area contributed by atoms with Crippen molar-refractivity contribution in [2.75, 3.05) is 117 Å². The highest BCUT2D eigenvalue weighted by molar-refractivity contribution is 6.32. The smallest absolute Gasteiger partial charge is 0.222 e. The summed E-state index contributed by atoms with van der Waals surface area (Å²) in [5.41, 5.74) is 16.9. The van der Waals surface area contributed by atoms with Crippen molar-refractivity contribution in [3.05, 3.63) is 203 Å². The zero-order chi connectivity index (χ0) is 86.1. The van der Waals surface area contributed by atoms with Gasteiger partial charge in [-0.15, -0.1) is 0 Å². The van der Waals surface area contributed by atoms with E-state index in [0.717, 1.165) is 121 Å². The number of nitrogens with one attached hydrogen (secondary N) is 1. The lowest BCUT2D eigenvalue weighted by Gasteiger charge is -2.27.